The fraction of sp³-hybridized carbons (Fsp3) is 0.833. The third kappa shape index (κ3) is 12.2. The van der Waals surface area contributed by atoms with E-state index in [2.05, 4.69) is 17.6 Å². The molecule has 11 nitrogen and oxygen atoms in total. The molecule has 0 fully saturated rings. The summed E-state index contributed by atoms with van der Waals surface area (Å²) in [6, 6.07) is -1.66. The lowest BCUT2D eigenvalue weighted by Crippen LogP contribution is -2.66. The minimum absolute atomic E-state index is 0.283. The van der Waals surface area contributed by atoms with Gasteiger partial charge in [0.1, 0.15) is 24.6 Å². The molecule has 0 saturated carbocycles. The fourth-order valence-corrected chi connectivity index (χ4v) is 4.24. The van der Waals surface area contributed by atoms with Gasteiger partial charge in [0.05, 0.1) is 18.7 Å². The van der Waals surface area contributed by atoms with Crippen LogP contribution >= 0.6 is 0 Å². The number of carboxylic acid groups (broad SMARTS) is 1. The number of carbonyl (C=O) groups excluding carboxylic acids is 1. The van der Waals surface area contributed by atoms with Crippen LogP contribution in [0.15, 0.2) is 11.8 Å². The minimum Gasteiger partial charge on any atom is -0.478 e. The molecule has 0 bridgehead atoms. The molecule has 11 heteroatoms. The van der Waals surface area contributed by atoms with Gasteiger partial charge in [-0.15, -0.1) is 0 Å². The second-order valence-corrected chi connectivity index (χ2v) is 9.13. The van der Waals surface area contributed by atoms with Gasteiger partial charge in [-0.2, -0.15) is 0 Å². The molecular weight excluding hydrogens is 456 g/mol. The topological polar surface area (TPSA) is 189 Å². The van der Waals surface area contributed by atoms with Crippen molar-refractivity contribution in [2.75, 3.05) is 13.2 Å². The van der Waals surface area contributed by atoms with E-state index in [1.54, 1.807) is 0 Å². The van der Waals surface area contributed by atoms with Crippen molar-refractivity contribution in [1.82, 2.24) is 10.6 Å². The van der Waals surface area contributed by atoms with Gasteiger partial charge in [-0.1, -0.05) is 64.7 Å². The number of carbonyl (C=O) groups is 2. The maximum absolute atomic E-state index is 11.9. The number of hydrogen-bond acceptors (Lipinski definition) is 9. The summed E-state index contributed by atoms with van der Waals surface area (Å²) in [4.78, 5) is 23.5. The van der Waals surface area contributed by atoms with E-state index in [9.17, 15) is 24.9 Å². The monoisotopic (exact) mass is 502 g/mol. The second-order valence-electron chi connectivity index (χ2n) is 9.13. The predicted octanol–water partition coefficient (Wildman–Crippen LogP) is 0.677. The van der Waals surface area contributed by atoms with Crippen LogP contribution in [0.25, 0.3) is 0 Å². The van der Waals surface area contributed by atoms with Crippen molar-refractivity contribution < 1.29 is 34.4 Å². The average molecular weight is 503 g/mol. The van der Waals surface area contributed by atoms with Crippen molar-refractivity contribution in [3.05, 3.63) is 11.8 Å². The van der Waals surface area contributed by atoms with E-state index >= 15 is 0 Å². The minimum atomic E-state index is -1.36. The summed E-state index contributed by atoms with van der Waals surface area (Å²) in [5.74, 6) is -2.13. The lowest BCUT2D eigenvalue weighted by Gasteiger charge is -2.42. The number of aliphatic hydroxyl groups excluding tert-OH is 2. The lowest BCUT2D eigenvalue weighted by molar-refractivity contribution is -0.154. The highest BCUT2D eigenvalue weighted by Gasteiger charge is 2.45. The molecular formula is C24H46N4O7. The maximum Gasteiger partial charge on any atom is 0.370 e. The second kappa shape index (κ2) is 17.6. The maximum atomic E-state index is 11.9. The number of aliphatic hydroxyl groups is 2. The first kappa shape index (κ1) is 31.3. The van der Waals surface area contributed by atoms with Crippen LogP contribution in [0, 0.1) is 0 Å². The Labute approximate surface area is 208 Å². The molecule has 204 valence electrons. The summed E-state index contributed by atoms with van der Waals surface area (Å²) in [6.07, 6.45) is 8.19. The van der Waals surface area contributed by atoms with E-state index in [-0.39, 0.29) is 6.61 Å². The van der Waals surface area contributed by atoms with Gasteiger partial charge in [-0.05, 0) is 12.5 Å². The molecule has 0 spiro atoms. The highest BCUT2D eigenvalue weighted by Crippen LogP contribution is 2.25. The number of hydrogen-bond donors (Lipinski definition) is 7. The fourth-order valence-electron chi connectivity index (χ4n) is 4.24. The molecule has 1 aliphatic rings. The zero-order chi connectivity index (χ0) is 26.2. The van der Waals surface area contributed by atoms with Gasteiger partial charge in [-0.3, -0.25) is 10.1 Å². The Morgan fingerprint density at radius 1 is 1.09 bits per heavy atom. The van der Waals surface area contributed by atoms with Gasteiger partial charge in [0.15, 0.2) is 0 Å². The first-order chi connectivity index (χ1) is 16.7. The molecule has 0 aromatic rings. The largest absolute Gasteiger partial charge is 0.478 e. The first-order valence-corrected chi connectivity index (χ1v) is 12.8. The van der Waals surface area contributed by atoms with Crippen molar-refractivity contribution in [3.8, 4) is 0 Å². The van der Waals surface area contributed by atoms with Gasteiger partial charge in [0.2, 0.25) is 11.7 Å². The number of unbranched alkanes of at least 4 members (excludes halogenated alkanes) is 9. The van der Waals surface area contributed by atoms with Crippen LogP contribution in [-0.2, 0) is 19.1 Å². The zero-order valence-electron chi connectivity index (χ0n) is 21.2. The zero-order valence-corrected chi connectivity index (χ0v) is 21.2. The molecule has 0 radical (unpaired) electrons. The van der Waals surface area contributed by atoms with Crippen molar-refractivity contribution in [3.63, 3.8) is 0 Å². The van der Waals surface area contributed by atoms with E-state index in [0.29, 0.717) is 0 Å². The average Bonchev–Trinajstić information content (AvgIpc) is 2.80. The molecule has 0 aliphatic carbocycles. The molecule has 0 aromatic carbocycles. The van der Waals surface area contributed by atoms with E-state index < -0.39 is 60.9 Å². The highest BCUT2D eigenvalue weighted by molar-refractivity contribution is 5.84. The number of rotatable bonds is 19. The molecule has 35 heavy (non-hydrogen) atoms. The molecule has 0 aromatic heterocycles. The third-order valence-electron chi connectivity index (χ3n) is 6.00. The molecule has 1 aliphatic heterocycles. The van der Waals surface area contributed by atoms with Gasteiger partial charge >= 0.3 is 5.97 Å². The lowest BCUT2D eigenvalue weighted by atomic mass is 9.91. The van der Waals surface area contributed by atoms with Crippen LogP contribution < -0.4 is 22.1 Å². The van der Waals surface area contributed by atoms with Crippen molar-refractivity contribution >= 4 is 11.9 Å². The summed E-state index contributed by atoms with van der Waals surface area (Å²) < 4.78 is 11.5. The summed E-state index contributed by atoms with van der Waals surface area (Å²) in [5.41, 5.74) is 11.3. The van der Waals surface area contributed by atoms with Crippen LogP contribution in [0.4, 0.5) is 0 Å². The molecule has 5 unspecified atom stereocenters. The molecule has 1 heterocycles. The number of nitrogens with one attached hydrogen (secondary N) is 2. The summed E-state index contributed by atoms with van der Waals surface area (Å²) in [5, 5.41) is 35.1. The van der Waals surface area contributed by atoms with E-state index in [1.807, 2.05) is 0 Å². The summed E-state index contributed by atoms with van der Waals surface area (Å²) in [7, 11) is 0. The number of amides is 1. The van der Waals surface area contributed by atoms with Crippen molar-refractivity contribution in [2.24, 2.45) is 11.5 Å². The van der Waals surface area contributed by atoms with Crippen LogP contribution in [0.1, 0.15) is 78.1 Å². The third-order valence-corrected chi connectivity index (χ3v) is 6.00. The molecule has 5 atom stereocenters. The number of carboxylic acids is 1. The number of ether oxygens (including phenoxy) is 2. The quantitative estimate of drug-likeness (QED) is 0.0976. The Bertz CT molecular complexity index is 647. The smallest absolute Gasteiger partial charge is 0.370 e. The standard InChI is InChI=1S/C24H46N4O7/c1-3-4-5-6-7-8-9-10-11-12-13-34-21(18(31)15-29)22-20(27-16(2)30)17(28-24(25)26)14-19(35-22)23(32)33/h14,17-18,20-22,24,28-29,31H,3-13,15,25-26H2,1-2H3,(H,27,30)(H,32,33). The molecule has 0 saturated heterocycles. The van der Waals surface area contributed by atoms with Crippen LogP contribution in [0.5, 0.6) is 0 Å². The van der Waals surface area contributed by atoms with Crippen molar-refractivity contribution in [2.45, 2.75) is 115 Å². The Morgan fingerprint density at radius 2 is 1.66 bits per heavy atom. The SMILES string of the molecule is CCCCCCCCCCCCOC(C(O)CO)C1OC(C(=O)O)=CC(NC(N)N)C1NC(C)=O. The Balaban J connectivity index is 2.75. The summed E-state index contributed by atoms with van der Waals surface area (Å²) >= 11 is 0. The van der Waals surface area contributed by atoms with Gasteiger partial charge in [0.25, 0.3) is 0 Å². The predicted molar refractivity (Wildman–Crippen MR) is 132 cm³/mol. The van der Waals surface area contributed by atoms with Crippen molar-refractivity contribution in [1.29, 1.82) is 0 Å². The van der Waals surface area contributed by atoms with Gasteiger partial charge in [-0.25, -0.2) is 4.79 Å². The summed E-state index contributed by atoms with van der Waals surface area (Å²) in [6.45, 7) is 3.16. The van der Waals surface area contributed by atoms with E-state index in [4.69, 9.17) is 20.9 Å². The Hall–Kier alpha value is -1.76. The molecule has 1 amide bonds. The van der Waals surface area contributed by atoms with E-state index in [0.717, 1.165) is 25.7 Å². The first-order valence-electron chi connectivity index (χ1n) is 12.8. The van der Waals surface area contributed by atoms with Gasteiger partial charge < -0.3 is 41.6 Å². The highest BCUT2D eigenvalue weighted by atomic mass is 16.6. The molecule has 1 rings (SSSR count). The van der Waals surface area contributed by atoms with E-state index in [1.165, 1.54) is 51.5 Å². The normalized spacial score (nSPS) is 21.8. The Kier molecular flexibility index (Phi) is 15.8. The number of nitrogens with two attached hydrogens (primary N) is 2. The van der Waals surface area contributed by atoms with Gasteiger partial charge in [0, 0.05) is 13.5 Å². The molecule has 9 N–H and O–H groups in total. The number of aliphatic carboxylic acids is 1. The Morgan fingerprint density at radius 3 is 2.14 bits per heavy atom. The van der Waals surface area contributed by atoms with Crippen LogP contribution in [0.2, 0.25) is 0 Å². The van der Waals surface area contributed by atoms with Crippen LogP contribution in [-0.4, -0.2) is 77.1 Å². The van der Waals surface area contributed by atoms with Crippen LogP contribution in [0.3, 0.4) is 0 Å².